The number of rotatable bonds is 3. The van der Waals surface area contributed by atoms with Gasteiger partial charge in [0.1, 0.15) is 5.82 Å². The molecule has 2 fully saturated rings. The lowest BCUT2D eigenvalue weighted by Gasteiger charge is -2.29. The van der Waals surface area contributed by atoms with E-state index in [1.807, 2.05) is 4.90 Å². The van der Waals surface area contributed by atoms with Crippen LogP contribution in [0.1, 0.15) is 12.8 Å². The number of halogens is 1. The van der Waals surface area contributed by atoms with Gasteiger partial charge in [-0.1, -0.05) is 12.2 Å². The van der Waals surface area contributed by atoms with Crippen LogP contribution in [-0.2, 0) is 9.53 Å². The average molecular weight is 316 g/mol. The van der Waals surface area contributed by atoms with Crippen molar-refractivity contribution in [2.45, 2.75) is 12.8 Å². The minimum absolute atomic E-state index is 0.0142. The van der Waals surface area contributed by atoms with E-state index in [4.69, 9.17) is 4.74 Å². The van der Waals surface area contributed by atoms with Gasteiger partial charge in [0.15, 0.2) is 0 Å². The third kappa shape index (κ3) is 2.85. The maximum Gasteiger partial charge on any atom is 0.228 e. The molecule has 4 nitrogen and oxygen atoms in total. The quantitative estimate of drug-likeness (QED) is 0.872. The number of benzene rings is 1. The van der Waals surface area contributed by atoms with Gasteiger partial charge in [-0.3, -0.25) is 4.79 Å². The van der Waals surface area contributed by atoms with E-state index in [0.29, 0.717) is 49.5 Å². The van der Waals surface area contributed by atoms with Crippen LogP contribution in [0.5, 0.6) is 0 Å². The van der Waals surface area contributed by atoms with Crippen LogP contribution in [-0.4, -0.2) is 32.2 Å². The number of hydrogen-bond acceptors (Lipinski definition) is 3. The van der Waals surface area contributed by atoms with Crippen molar-refractivity contribution in [2.24, 2.45) is 17.8 Å². The normalized spacial score (nSPS) is 29.1. The molecular formula is C18H21FN2O2. The fourth-order valence-electron chi connectivity index (χ4n) is 3.96. The summed E-state index contributed by atoms with van der Waals surface area (Å²) in [7, 11) is 0. The zero-order valence-electron chi connectivity index (χ0n) is 13.0. The van der Waals surface area contributed by atoms with Crippen LogP contribution in [0.3, 0.4) is 0 Å². The Bertz CT molecular complexity index is 640. The summed E-state index contributed by atoms with van der Waals surface area (Å²) in [5, 5.41) is 2.88. The Morgan fingerprint density at radius 2 is 2.04 bits per heavy atom. The predicted molar refractivity (Wildman–Crippen MR) is 86.9 cm³/mol. The Morgan fingerprint density at radius 1 is 1.22 bits per heavy atom. The van der Waals surface area contributed by atoms with Gasteiger partial charge in [-0.05, 0) is 42.9 Å². The van der Waals surface area contributed by atoms with Crippen LogP contribution in [0.25, 0.3) is 0 Å². The highest BCUT2D eigenvalue weighted by Crippen LogP contribution is 2.43. The molecule has 3 aliphatic rings. The molecule has 0 aromatic heterocycles. The third-order valence-electron chi connectivity index (χ3n) is 5.18. The molecular weight excluding hydrogens is 295 g/mol. The molecule has 0 radical (unpaired) electrons. The van der Waals surface area contributed by atoms with Gasteiger partial charge in [0, 0.05) is 24.7 Å². The number of carbonyl (C=O) groups excluding carboxylic acids is 1. The van der Waals surface area contributed by atoms with Crippen molar-refractivity contribution in [3.8, 4) is 0 Å². The van der Waals surface area contributed by atoms with Gasteiger partial charge in [0.25, 0.3) is 0 Å². The molecule has 0 spiro atoms. The zero-order chi connectivity index (χ0) is 15.8. The number of hydrogen-bond donors (Lipinski definition) is 1. The molecule has 1 N–H and O–H groups in total. The van der Waals surface area contributed by atoms with E-state index < -0.39 is 0 Å². The Balaban J connectivity index is 1.44. The zero-order valence-corrected chi connectivity index (χ0v) is 13.0. The molecule has 2 aliphatic carbocycles. The monoisotopic (exact) mass is 316 g/mol. The highest BCUT2D eigenvalue weighted by molar-refractivity contribution is 5.93. The van der Waals surface area contributed by atoms with Crippen LogP contribution in [0, 0.1) is 23.6 Å². The smallest absolute Gasteiger partial charge is 0.228 e. The Kier molecular flexibility index (Phi) is 3.81. The largest absolute Gasteiger partial charge is 0.378 e. The molecule has 1 aromatic rings. The van der Waals surface area contributed by atoms with E-state index in [-0.39, 0.29) is 17.6 Å². The summed E-state index contributed by atoms with van der Waals surface area (Å²) >= 11 is 0. The lowest BCUT2D eigenvalue weighted by molar-refractivity contribution is -0.120. The van der Waals surface area contributed by atoms with Crippen LogP contribution in [0.15, 0.2) is 30.4 Å². The van der Waals surface area contributed by atoms with E-state index in [1.165, 1.54) is 6.07 Å². The molecule has 1 aromatic carbocycles. The van der Waals surface area contributed by atoms with E-state index in [2.05, 4.69) is 17.5 Å². The molecule has 23 heavy (non-hydrogen) atoms. The predicted octanol–water partition coefficient (Wildman–Crippen LogP) is 2.81. The molecule has 3 atom stereocenters. The number of ether oxygens (including phenoxy) is 1. The molecule has 4 rings (SSSR count). The number of amides is 1. The van der Waals surface area contributed by atoms with Crippen LogP contribution >= 0.6 is 0 Å². The van der Waals surface area contributed by atoms with E-state index >= 15 is 0 Å². The number of allylic oxidation sites excluding steroid dienone is 2. The molecule has 122 valence electrons. The van der Waals surface area contributed by atoms with Crippen molar-refractivity contribution in [2.75, 3.05) is 36.5 Å². The summed E-state index contributed by atoms with van der Waals surface area (Å²) in [6.45, 7) is 2.63. The van der Waals surface area contributed by atoms with Crippen LogP contribution in [0.2, 0.25) is 0 Å². The summed E-state index contributed by atoms with van der Waals surface area (Å²) in [5.74, 6) is 0.665. The number of nitrogens with zero attached hydrogens (tertiary/aromatic N) is 1. The van der Waals surface area contributed by atoms with Crippen molar-refractivity contribution < 1.29 is 13.9 Å². The second kappa shape index (κ2) is 5.96. The van der Waals surface area contributed by atoms with Gasteiger partial charge in [-0.25, -0.2) is 4.39 Å². The fraction of sp³-hybridized carbons (Fsp3) is 0.500. The topological polar surface area (TPSA) is 41.6 Å². The summed E-state index contributed by atoms with van der Waals surface area (Å²) in [6.07, 6.45) is 6.37. The molecule has 0 unspecified atom stereocenters. The summed E-state index contributed by atoms with van der Waals surface area (Å²) in [6, 6.07) is 4.96. The van der Waals surface area contributed by atoms with Crippen molar-refractivity contribution in [1.29, 1.82) is 0 Å². The molecule has 2 bridgehead atoms. The molecule has 1 saturated carbocycles. The first-order valence-corrected chi connectivity index (χ1v) is 8.32. The molecule has 1 aliphatic heterocycles. The first kappa shape index (κ1) is 14.7. The number of anilines is 2. The van der Waals surface area contributed by atoms with Gasteiger partial charge in [0.2, 0.25) is 5.91 Å². The second-order valence-electron chi connectivity index (χ2n) is 6.64. The van der Waals surface area contributed by atoms with E-state index in [1.54, 1.807) is 12.1 Å². The number of nitrogens with one attached hydrogen (secondary N) is 1. The van der Waals surface area contributed by atoms with Crippen molar-refractivity contribution in [3.63, 3.8) is 0 Å². The van der Waals surface area contributed by atoms with Crippen molar-refractivity contribution >= 4 is 17.3 Å². The first-order chi connectivity index (χ1) is 11.2. The number of fused-ring (bicyclic) bond motifs is 2. The SMILES string of the molecule is O=C(Nc1ccc(N2CCOCC2)c(F)c1)[C@H]1C[C@H]2C=C[C@H]1C2. The maximum atomic E-state index is 14.4. The molecule has 1 amide bonds. The minimum atomic E-state index is -0.294. The maximum absolute atomic E-state index is 14.4. The second-order valence-corrected chi connectivity index (χ2v) is 6.64. The lowest BCUT2D eigenvalue weighted by atomic mass is 9.93. The molecule has 1 heterocycles. The Hall–Kier alpha value is -1.88. The average Bonchev–Trinajstić information content (AvgIpc) is 3.19. The standard InChI is InChI=1S/C18H21FN2O2/c19-16-11-14(3-4-17(16)21-5-7-23-8-6-21)20-18(22)15-10-12-1-2-13(15)9-12/h1-4,11-13,15H,5-10H2,(H,20,22)/t12-,13-,15-/m0/s1. The summed E-state index contributed by atoms with van der Waals surface area (Å²) in [5.41, 5.74) is 1.12. The minimum Gasteiger partial charge on any atom is -0.378 e. The summed E-state index contributed by atoms with van der Waals surface area (Å²) in [4.78, 5) is 14.4. The number of morpholine rings is 1. The van der Waals surface area contributed by atoms with Gasteiger partial charge in [-0.2, -0.15) is 0 Å². The Morgan fingerprint density at radius 3 is 2.70 bits per heavy atom. The first-order valence-electron chi connectivity index (χ1n) is 8.32. The highest BCUT2D eigenvalue weighted by atomic mass is 19.1. The van der Waals surface area contributed by atoms with Crippen LogP contribution < -0.4 is 10.2 Å². The van der Waals surface area contributed by atoms with Gasteiger partial charge in [0.05, 0.1) is 18.9 Å². The Labute approximate surface area is 135 Å². The fourth-order valence-corrected chi connectivity index (χ4v) is 3.96. The highest BCUT2D eigenvalue weighted by Gasteiger charge is 2.39. The van der Waals surface area contributed by atoms with Crippen molar-refractivity contribution in [1.82, 2.24) is 0 Å². The third-order valence-corrected chi connectivity index (χ3v) is 5.18. The van der Waals surface area contributed by atoms with E-state index in [9.17, 15) is 9.18 Å². The summed E-state index contributed by atoms with van der Waals surface area (Å²) < 4.78 is 19.7. The van der Waals surface area contributed by atoms with Gasteiger partial charge >= 0.3 is 0 Å². The van der Waals surface area contributed by atoms with Crippen molar-refractivity contribution in [3.05, 3.63) is 36.2 Å². The molecule has 1 saturated heterocycles. The van der Waals surface area contributed by atoms with E-state index in [0.717, 1.165) is 12.8 Å². The van der Waals surface area contributed by atoms with Crippen LogP contribution in [0.4, 0.5) is 15.8 Å². The van der Waals surface area contributed by atoms with Gasteiger partial charge < -0.3 is 15.0 Å². The lowest BCUT2D eigenvalue weighted by Crippen LogP contribution is -2.36. The molecule has 5 heteroatoms. The number of carbonyl (C=O) groups is 1. The van der Waals surface area contributed by atoms with Gasteiger partial charge in [-0.15, -0.1) is 0 Å².